The second-order valence-corrected chi connectivity index (χ2v) is 15.1. The van der Waals surface area contributed by atoms with Crippen molar-refractivity contribution in [1.29, 1.82) is 0 Å². The van der Waals surface area contributed by atoms with Crippen molar-refractivity contribution in [2.24, 2.45) is 0 Å². The average Bonchev–Trinajstić information content (AvgIpc) is 3.01. The number of ether oxygens (including phenoxy) is 1. The third-order valence-electron chi connectivity index (χ3n) is 7.00. The van der Waals surface area contributed by atoms with Crippen molar-refractivity contribution >= 4 is 35.5 Å². The second kappa shape index (κ2) is 11.4. The number of hydrogen-bond acceptors (Lipinski definition) is 3. The fourth-order valence-electron chi connectivity index (χ4n) is 5.01. The van der Waals surface area contributed by atoms with E-state index in [1.807, 2.05) is 146 Å². The van der Waals surface area contributed by atoms with Crippen molar-refractivity contribution < 1.29 is 13.9 Å². The Labute approximate surface area is 224 Å². The lowest BCUT2D eigenvalue weighted by atomic mass is 10.1. The molecular formula is C33H30O3P2. The summed E-state index contributed by atoms with van der Waals surface area (Å²) in [5.41, 5.74) is 0.332. The molecule has 0 aromatic heterocycles. The minimum atomic E-state index is -3.33. The van der Waals surface area contributed by atoms with E-state index >= 15 is 9.13 Å². The van der Waals surface area contributed by atoms with E-state index in [2.05, 4.69) is 0 Å². The Morgan fingerprint density at radius 3 is 1.26 bits per heavy atom. The lowest BCUT2D eigenvalue weighted by Crippen LogP contribution is -2.27. The van der Waals surface area contributed by atoms with Crippen LogP contribution in [0.1, 0.15) is 11.2 Å². The smallest absolute Gasteiger partial charge is 0.150 e. The molecule has 5 aromatic rings. The van der Waals surface area contributed by atoms with Crippen LogP contribution < -0.4 is 26.0 Å². The highest BCUT2D eigenvalue weighted by molar-refractivity contribution is 7.82. The molecule has 0 amide bonds. The Kier molecular flexibility index (Phi) is 7.79. The van der Waals surface area contributed by atoms with E-state index in [1.54, 1.807) is 7.11 Å². The molecule has 0 aliphatic heterocycles. The van der Waals surface area contributed by atoms with Gasteiger partial charge in [-0.05, 0) is 17.7 Å². The zero-order valence-electron chi connectivity index (χ0n) is 21.3. The van der Waals surface area contributed by atoms with Gasteiger partial charge in [-0.25, -0.2) is 0 Å². The predicted molar refractivity (Wildman–Crippen MR) is 160 cm³/mol. The summed E-state index contributed by atoms with van der Waals surface area (Å²) in [6, 6.07) is 46.2. The van der Waals surface area contributed by atoms with E-state index < -0.39 is 19.9 Å². The molecule has 3 nitrogen and oxygen atoms in total. The molecule has 0 radical (unpaired) electrons. The first kappa shape index (κ1) is 26.0. The fraction of sp³-hybridized carbons (Fsp3) is 0.0909. The molecule has 1 atom stereocenters. The molecule has 38 heavy (non-hydrogen) atoms. The normalized spacial score (nSPS) is 12.6. The molecule has 0 fully saturated rings. The van der Waals surface area contributed by atoms with Crippen LogP contribution in [0.15, 0.2) is 146 Å². The van der Waals surface area contributed by atoms with Crippen LogP contribution in [-0.2, 0) is 9.13 Å². The Balaban J connectivity index is 1.78. The van der Waals surface area contributed by atoms with Crippen molar-refractivity contribution in [3.8, 4) is 5.75 Å². The molecule has 0 N–H and O–H groups in total. The van der Waals surface area contributed by atoms with Crippen molar-refractivity contribution in [2.75, 3.05) is 13.3 Å². The number of methoxy groups -OCH3 is 1. The number of rotatable bonds is 9. The monoisotopic (exact) mass is 536 g/mol. The van der Waals surface area contributed by atoms with E-state index in [0.717, 1.165) is 32.5 Å². The van der Waals surface area contributed by atoms with Crippen LogP contribution >= 0.6 is 14.3 Å². The first-order valence-corrected chi connectivity index (χ1v) is 16.3. The minimum Gasteiger partial charge on any atom is -0.497 e. The maximum absolute atomic E-state index is 15.7. The van der Waals surface area contributed by atoms with Crippen LogP contribution in [0.4, 0.5) is 0 Å². The van der Waals surface area contributed by atoms with E-state index in [-0.39, 0.29) is 6.16 Å². The third-order valence-corrected chi connectivity index (χ3v) is 13.9. The van der Waals surface area contributed by atoms with Gasteiger partial charge < -0.3 is 13.9 Å². The topological polar surface area (TPSA) is 43.4 Å². The Morgan fingerprint density at radius 1 is 0.526 bits per heavy atom. The highest BCUT2D eigenvalue weighted by atomic mass is 31.2. The van der Waals surface area contributed by atoms with E-state index in [1.165, 1.54) is 0 Å². The second-order valence-electron chi connectivity index (χ2n) is 9.21. The van der Waals surface area contributed by atoms with E-state index in [4.69, 9.17) is 4.74 Å². The van der Waals surface area contributed by atoms with Gasteiger partial charge in [0.1, 0.15) is 12.9 Å². The molecule has 190 valence electrons. The summed E-state index contributed by atoms with van der Waals surface area (Å²) in [4.78, 5) is 0. The van der Waals surface area contributed by atoms with E-state index in [9.17, 15) is 0 Å². The summed E-state index contributed by atoms with van der Waals surface area (Å²) in [6.07, 6.45) is 0.217. The molecule has 0 aliphatic rings. The van der Waals surface area contributed by atoms with Crippen LogP contribution in [0, 0.1) is 0 Å². The molecule has 5 heteroatoms. The summed E-state index contributed by atoms with van der Waals surface area (Å²) in [6.45, 7) is 0. The molecule has 1 unspecified atom stereocenters. The zero-order valence-corrected chi connectivity index (χ0v) is 23.0. The minimum absolute atomic E-state index is 0.217. The maximum atomic E-state index is 15.7. The van der Waals surface area contributed by atoms with Gasteiger partial charge in [0.25, 0.3) is 0 Å². The van der Waals surface area contributed by atoms with Crippen molar-refractivity contribution in [2.45, 2.75) is 5.66 Å². The van der Waals surface area contributed by atoms with Crippen molar-refractivity contribution in [3.05, 3.63) is 151 Å². The van der Waals surface area contributed by atoms with Gasteiger partial charge in [-0.2, -0.15) is 0 Å². The summed E-state index contributed by atoms with van der Waals surface area (Å²) >= 11 is 0. The van der Waals surface area contributed by atoms with Gasteiger partial charge >= 0.3 is 0 Å². The zero-order chi connectivity index (χ0) is 26.4. The van der Waals surface area contributed by atoms with Crippen LogP contribution in [0.2, 0.25) is 0 Å². The third kappa shape index (κ3) is 5.05. The van der Waals surface area contributed by atoms with Gasteiger partial charge in [0.15, 0.2) is 7.14 Å². The maximum Gasteiger partial charge on any atom is 0.150 e. The lowest BCUT2D eigenvalue weighted by molar-refractivity contribution is 0.414. The van der Waals surface area contributed by atoms with Gasteiger partial charge in [0.2, 0.25) is 0 Å². The van der Waals surface area contributed by atoms with Crippen molar-refractivity contribution in [3.63, 3.8) is 0 Å². The fourth-order valence-corrected chi connectivity index (χ4v) is 12.2. The summed E-state index contributed by atoms with van der Waals surface area (Å²) in [7, 11) is -4.91. The molecule has 0 spiro atoms. The van der Waals surface area contributed by atoms with Gasteiger partial charge in [-0.1, -0.05) is 133 Å². The van der Waals surface area contributed by atoms with E-state index in [0.29, 0.717) is 0 Å². The van der Waals surface area contributed by atoms with Crippen molar-refractivity contribution in [1.82, 2.24) is 0 Å². The Morgan fingerprint density at radius 2 is 0.895 bits per heavy atom. The van der Waals surface area contributed by atoms with Gasteiger partial charge in [0, 0.05) is 27.4 Å². The highest BCUT2D eigenvalue weighted by Crippen LogP contribution is 2.63. The standard InChI is InChI=1S/C33H30O3P2/c1-36-28-24-22-27(23-25-28)33(38(35,31-18-10-4-11-19-31)32-20-12-5-13-21-32)26-37(34,29-14-6-2-7-15-29)30-16-8-3-9-17-30/h2-25,33H,26H2,1H3. The molecule has 5 rings (SSSR count). The summed E-state index contributed by atoms with van der Waals surface area (Å²) < 4.78 is 36.4. The molecule has 0 heterocycles. The number of benzene rings is 5. The van der Waals surface area contributed by atoms with Crippen LogP contribution in [-0.4, -0.2) is 13.3 Å². The first-order valence-electron chi connectivity index (χ1n) is 12.6. The molecular weight excluding hydrogens is 506 g/mol. The summed E-state index contributed by atoms with van der Waals surface area (Å²) in [5, 5.41) is 3.02. The molecule has 0 saturated heterocycles. The SMILES string of the molecule is COc1ccc(C(CP(=O)(c2ccccc2)c2ccccc2)P(=O)(c2ccccc2)c2ccccc2)cc1. The van der Waals surface area contributed by atoms with Crippen LogP contribution in [0.3, 0.4) is 0 Å². The van der Waals surface area contributed by atoms with Crippen LogP contribution in [0.25, 0.3) is 0 Å². The highest BCUT2D eigenvalue weighted by Gasteiger charge is 2.43. The van der Waals surface area contributed by atoms with Gasteiger partial charge in [-0.3, -0.25) is 0 Å². The number of hydrogen-bond donors (Lipinski definition) is 0. The van der Waals surface area contributed by atoms with Gasteiger partial charge in [0.05, 0.1) is 12.8 Å². The quantitative estimate of drug-likeness (QED) is 0.196. The lowest BCUT2D eigenvalue weighted by Gasteiger charge is -2.32. The predicted octanol–water partition coefficient (Wildman–Crippen LogP) is 6.76. The Bertz CT molecular complexity index is 1470. The van der Waals surface area contributed by atoms with Gasteiger partial charge in [-0.15, -0.1) is 0 Å². The molecule has 0 saturated carbocycles. The molecule has 0 aliphatic carbocycles. The molecule has 0 bridgehead atoms. The Hall–Kier alpha value is -3.64. The molecule has 5 aromatic carbocycles. The summed E-state index contributed by atoms with van der Waals surface area (Å²) in [5.74, 6) is 0.719. The van der Waals surface area contributed by atoms with Crippen LogP contribution in [0.5, 0.6) is 5.75 Å². The first-order chi connectivity index (χ1) is 18.6. The largest absolute Gasteiger partial charge is 0.497 e. The average molecular weight is 537 g/mol.